The van der Waals surface area contributed by atoms with Gasteiger partial charge in [0.15, 0.2) is 5.76 Å². The Bertz CT molecular complexity index is 831. The highest BCUT2D eigenvalue weighted by atomic mass is 16.4. The molecule has 0 unspecified atom stereocenters. The van der Waals surface area contributed by atoms with Crippen LogP contribution in [0.4, 0.5) is 5.69 Å². The Morgan fingerprint density at radius 2 is 1.96 bits per heavy atom. The summed E-state index contributed by atoms with van der Waals surface area (Å²) < 4.78 is 5.87. The molecule has 126 valence electrons. The van der Waals surface area contributed by atoms with E-state index in [9.17, 15) is 10.0 Å². The van der Waals surface area contributed by atoms with Crippen LogP contribution < -0.4 is 5.32 Å². The van der Waals surface area contributed by atoms with Gasteiger partial charge >= 0.3 is 0 Å². The molecule has 1 aromatic carbocycles. The molecule has 24 heavy (non-hydrogen) atoms. The summed E-state index contributed by atoms with van der Waals surface area (Å²) in [5, 5.41) is 15.7. The maximum atomic E-state index is 12.7. The van der Waals surface area contributed by atoms with Crippen LogP contribution in [0.25, 0.3) is 0 Å². The average molecular weight is 326 g/mol. The third-order valence-corrected chi connectivity index (χ3v) is 4.51. The Hall–Kier alpha value is -2.56. The van der Waals surface area contributed by atoms with Crippen LogP contribution in [-0.4, -0.2) is 16.8 Å². The number of nitrogens with zero attached hydrogens (tertiary/aromatic N) is 1. The Labute approximate surface area is 141 Å². The maximum Gasteiger partial charge on any atom is 0.291 e. The van der Waals surface area contributed by atoms with Crippen molar-refractivity contribution < 1.29 is 14.4 Å². The number of furan rings is 1. The molecule has 5 nitrogen and oxygen atoms in total. The maximum absolute atomic E-state index is 12.7. The standard InChI is InChI=1S/C19H22N2O3/c1-11-7-5-6-8-13(11)20-18(22)17-12(2)16-14(21-23)9-19(3,4)10-15(16)24-17/h5-8,23H,9-10H2,1-4H3,(H,20,22)/b21-14-. The highest BCUT2D eigenvalue weighted by Gasteiger charge is 2.36. The number of hydrogen-bond donors (Lipinski definition) is 2. The molecular weight excluding hydrogens is 304 g/mol. The number of anilines is 1. The molecule has 1 aliphatic carbocycles. The Balaban J connectivity index is 1.98. The molecule has 2 aromatic rings. The number of oxime groups is 1. The van der Waals surface area contributed by atoms with Crippen molar-refractivity contribution in [2.24, 2.45) is 10.6 Å². The van der Waals surface area contributed by atoms with E-state index in [1.54, 1.807) is 0 Å². The molecule has 0 saturated carbocycles. The Morgan fingerprint density at radius 1 is 1.25 bits per heavy atom. The monoisotopic (exact) mass is 326 g/mol. The molecule has 3 rings (SSSR count). The van der Waals surface area contributed by atoms with Crippen molar-refractivity contribution in [3.63, 3.8) is 0 Å². The van der Waals surface area contributed by atoms with Crippen molar-refractivity contribution >= 4 is 17.3 Å². The number of nitrogens with one attached hydrogen (secondary N) is 1. The summed E-state index contributed by atoms with van der Waals surface area (Å²) in [6.07, 6.45) is 1.36. The summed E-state index contributed by atoms with van der Waals surface area (Å²) in [5.41, 5.74) is 3.75. The summed E-state index contributed by atoms with van der Waals surface area (Å²) >= 11 is 0. The number of hydrogen-bond acceptors (Lipinski definition) is 4. The predicted molar refractivity (Wildman–Crippen MR) is 93.0 cm³/mol. The van der Waals surface area contributed by atoms with E-state index < -0.39 is 0 Å². The molecule has 0 fully saturated rings. The molecule has 5 heteroatoms. The van der Waals surface area contributed by atoms with Gasteiger partial charge in [-0.1, -0.05) is 37.2 Å². The first-order valence-corrected chi connectivity index (χ1v) is 8.03. The first-order chi connectivity index (χ1) is 11.3. The molecule has 1 aliphatic rings. The largest absolute Gasteiger partial charge is 0.455 e. The molecule has 0 atom stereocenters. The van der Waals surface area contributed by atoms with Gasteiger partial charge < -0.3 is 14.9 Å². The molecule has 1 aromatic heterocycles. The quantitative estimate of drug-likeness (QED) is 0.638. The van der Waals surface area contributed by atoms with Crippen LogP contribution in [0.3, 0.4) is 0 Å². The van der Waals surface area contributed by atoms with E-state index in [1.807, 2.05) is 38.1 Å². The molecule has 0 spiro atoms. The lowest BCUT2D eigenvalue weighted by molar-refractivity contribution is 0.0992. The van der Waals surface area contributed by atoms with Crippen molar-refractivity contribution in [3.05, 3.63) is 52.5 Å². The molecule has 0 radical (unpaired) electrons. The molecule has 1 heterocycles. The van der Waals surface area contributed by atoms with E-state index >= 15 is 0 Å². The van der Waals surface area contributed by atoms with E-state index in [0.717, 1.165) is 22.4 Å². The minimum Gasteiger partial charge on any atom is -0.455 e. The zero-order valence-electron chi connectivity index (χ0n) is 14.4. The lowest BCUT2D eigenvalue weighted by Crippen LogP contribution is -2.27. The number of benzene rings is 1. The summed E-state index contributed by atoms with van der Waals surface area (Å²) in [6, 6.07) is 7.60. The van der Waals surface area contributed by atoms with E-state index in [2.05, 4.69) is 24.3 Å². The fraction of sp³-hybridized carbons (Fsp3) is 0.368. The number of para-hydroxylation sites is 1. The number of aryl methyl sites for hydroxylation is 1. The number of amides is 1. The molecule has 0 bridgehead atoms. The van der Waals surface area contributed by atoms with Crippen molar-refractivity contribution in [1.29, 1.82) is 0 Å². The second-order valence-corrected chi connectivity index (χ2v) is 7.19. The van der Waals surface area contributed by atoms with Crippen LogP contribution in [-0.2, 0) is 6.42 Å². The van der Waals surface area contributed by atoms with Gasteiger partial charge in [-0.25, -0.2) is 0 Å². The van der Waals surface area contributed by atoms with Crippen LogP contribution in [0.2, 0.25) is 0 Å². The van der Waals surface area contributed by atoms with Crippen molar-refractivity contribution in [1.82, 2.24) is 0 Å². The summed E-state index contributed by atoms with van der Waals surface area (Å²) in [5.74, 6) is 0.708. The minimum absolute atomic E-state index is 0.0668. The van der Waals surface area contributed by atoms with Gasteiger partial charge in [0.2, 0.25) is 0 Å². The zero-order valence-corrected chi connectivity index (χ0v) is 14.4. The second-order valence-electron chi connectivity index (χ2n) is 7.19. The van der Waals surface area contributed by atoms with Crippen LogP contribution in [0, 0.1) is 19.3 Å². The van der Waals surface area contributed by atoms with Crippen molar-refractivity contribution in [2.45, 2.75) is 40.5 Å². The van der Waals surface area contributed by atoms with Crippen LogP contribution in [0.5, 0.6) is 0 Å². The molecule has 0 saturated heterocycles. The molecule has 2 N–H and O–H groups in total. The molecule has 0 aliphatic heterocycles. The highest BCUT2D eigenvalue weighted by Crippen LogP contribution is 2.39. The summed E-state index contributed by atoms with van der Waals surface area (Å²) in [7, 11) is 0. The summed E-state index contributed by atoms with van der Waals surface area (Å²) in [6.45, 7) is 7.95. The van der Waals surface area contributed by atoms with Crippen LogP contribution in [0.1, 0.15) is 53.3 Å². The Morgan fingerprint density at radius 3 is 2.62 bits per heavy atom. The van der Waals surface area contributed by atoms with Gasteiger partial charge in [-0.15, -0.1) is 0 Å². The van der Waals surface area contributed by atoms with Crippen molar-refractivity contribution in [2.75, 3.05) is 5.32 Å². The zero-order chi connectivity index (χ0) is 17.5. The molecule has 1 amide bonds. The van der Waals surface area contributed by atoms with Crippen molar-refractivity contribution in [3.8, 4) is 0 Å². The van der Waals surface area contributed by atoms with Gasteiger partial charge in [-0.3, -0.25) is 4.79 Å². The van der Waals surface area contributed by atoms with Gasteiger partial charge in [-0.2, -0.15) is 0 Å². The smallest absolute Gasteiger partial charge is 0.291 e. The van der Waals surface area contributed by atoms with E-state index in [0.29, 0.717) is 24.3 Å². The lowest BCUT2D eigenvalue weighted by Gasteiger charge is -2.28. The number of rotatable bonds is 2. The number of carbonyl (C=O) groups excluding carboxylic acids is 1. The SMILES string of the molecule is Cc1ccccc1NC(=O)c1oc2c(c1C)/C(=N\O)CC(C)(C)C2. The first kappa shape index (κ1) is 16.3. The van der Waals surface area contributed by atoms with Gasteiger partial charge in [0.05, 0.1) is 5.71 Å². The fourth-order valence-corrected chi connectivity index (χ4v) is 3.31. The third kappa shape index (κ3) is 2.82. The molecular formula is C19H22N2O3. The summed E-state index contributed by atoms with van der Waals surface area (Å²) in [4.78, 5) is 12.7. The van der Waals surface area contributed by atoms with Gasteiger partial charge in [-0.05, 0) is 37.3 Å². The average Bonchev–Trinajstić information content (AvgIpc) is 2.84. The first-order valence-electron chi connectivity index (χ1n) is 8.03. The van der Waals surface area contributed by atoms with Gasteiger partial charge in [0.25, 0.3) is 5.91 Å². The van der Waals surface area contributed by atoms with Gasteiger partial charge in [0, 0.05) is 23.2 Å². The lowest BCUT2D eigenvalue weighted by atomic mass is 9.75. The Kier molecular flexibility index (Phi) is 3.95. The number of fused-ring (bicyclic) bond motifs is 1. The van der Waals surface area contributed by atoms with Crippen LogP contribution in [0.15, 0.2) is 33.8 Å². The number of carbonyl (C=O) groups is 1. The third-order valence-electron chi connectivity index (χ3n) is 4.51. The second kappa shape index (κ2) is 5.82. The van der Waals surface area contributed by atoms with Gasteiger partial charge in [0.1, 0.15) is 5.76 Å². The normalized spacial score (nSPS) is 17.6. The topological polar surface area (TPSA) is 74.8 Å². The van der Waals surface area contributed by atoms with Crippen LogP contribution >= 0.6 is 0 Å². The predicted octanol–water partition coefficient (Wildman–Crippen LogP) is 4.30. The van der Waals surface area contributed by atoms with E-state index in [1.165, 1.54) is 0 Å². The highest BCUT2D eigenvalue weighted by molar-refractivity contribution is 6.09. The van der Waals surface area contributed by atoms with E-state index in [-0.39, 0.29) is 17.1 Å². The minimum atomic E-state index is -0.286. The fourth-order valence-electron chi connectivity index (χ4n) is 3.31. The van der Waals surface area contributed by atoms with E-state index in [4.69, 9.17) is 4.42 Å².